The second-order valence-electron chi connectivity index (χ2n) is 11.4. The molecule has 0 saturated carbocycles. The van der Waals surface area contributed by atoms with E-state index < -0.39 is 17.1 Å². The van der Waals surface area contributed by atoms with Crippen LogP contribution in [-0.2, 0) is 31.2 Å². The third-order valence-electron chi connectivity index (χ3n) is 8.91. The van der Waals surface area contributed by atoms with Gasteiger partial charge in [-0.1, -0.05) is 44.2 Å². The first-order chi connectivity index (χ1) is 19.3. The standard InChI is InChI=1S/C30H30FN3O4.C2H6/c1-29-17-34(14-18-2-4-19(5-3-18)21-15-37-16-21)11-10-30(29,38-29)24-7-8-25-23(27(24)31)12-20(13-32-25)22-6-9-26(35)33-28(22)36;1-2/h2-5,7-8,12-13,21-22H,6,9-11,14-17H2,1H3,(H,33,35,36);1-2H3. The number of epoxide rings is 1. The van der Waals surface area contributed by atoms with Crippen LogP contribution in [0.2, 0.25) is 0 Å². The fraction of sp³-hybridized carbons (Fsp3) is 0.469. The van der Waals surface area contributed by atoms with E-state index in [1.807, 2.05) is 19.9 Å². The molecular formula is C32H36FN3O4. The van der Waals surface area contributed by atoms with Crippen LogP contribution < -0.4 is 5.32 Å². The molecule has 1 N–H and O–H groups in total. The normalized spacial score (nSPS) is 28.2. The average molecular weight is 546 g/mol. The van der Waals surface area contributed by atoms with Gasteiger partial charge in [0.25, 0.3) is 0 Å². The van der Waals surface area contributed by atoms with Crippen molar-refractivity contribution in [3.8, 4) is 0 Å². The van der Waals surface area contributed by atoms with Crippen molar-refractivity contribution in [2.75, 3.05) is 26.3 Å². The molecule has 0 radical (unpaired) electrons. The molecule has 5 heterocycles. The largest absolute Gasteiger partial charge is 0.380 e. The van der Waals surface area contributed by atoms with Crippen molar-refractivity contribution in [1.29, 1.82) is 0 Å². The van der Waals surface area contributed by atoms with Crippen LogP contribution in [0.15, 0.2) is 48.7 Å². The zero-order valence-electron chi connectivity index (χ0n) is 23.3. The maximum absolute atomic E-state index is 16.1. The van der Waals surface area contributed by atoms with Crippen molar-refractivity contribution >= 4 is 22.7 Å². The fourth-order valence-corrected chi connectivity index (χ4v) is 6.54. The highest BCUT2D eigenvalue weighted by atomic mass is 19.1. The molecule has 4 aliphatic rings. The zero-order valence-corrected chi connectivity index (χ0v) is 23.3. The monoisotopic (exact) mass is 545 g/mol. The molecule has 4 aliphatic heterocycles. The van der Waals surface area contributed by atoms with Crippen molar-refractivity contribution in [3.63, 3.8) is 0 Å². The van der Waals surface area contributed by atoms with Gasteiger partial charge in [0.15, 0.2) is 0 Å². The maximum Gasteiger partial charge on any atom is 0.234 e. The van der Waals surface area contributed by atoms with Crippen LogP contribution in [0.1, 0.15) is 74.1 Å². The summed E-state index contributed by atoms with van der Waals surface area (Å²) >= 11 is 0. The summed E-state index contributed by atoms with van der Waals surface area (Å²) in [5.74, 6) is -0.949. The molecule has 1 aromatic heterocycles. The number of hydrogen-bond acceptors (Lipinski definition) is 6. The maximum atomic E-state index is 16.1. The van der Waals surface area contributed by atoms with Gasteiger partial charge in [-0.25, -0.2) is 4.39 Å². The van der Waals surface area contributed by atoms with Gasteiger partial charge in [0.1, 0.15) is 17.0 Å². The van der Waals surface area contributed by atoms with E-state index in [4.69, 9.17) is 9.47 Å². The highest BCUT2D eigenvalue weighted by molar-refractivity contribution is 6.01. The molecule has 2 amide bonds. The number of imide groups is 1. The lowest BCUT2D eigenvalue weighted by molar-refractivity contribution is -0.134. The molecule has 4 fully saturated rings. The van der Waals surface area contributed by atoms with Gasteiger partial charge in [0.2, 0.25) is 11.8 Å². The van der Waals surface area contributed by atoms with Gasteiger partial charge in [0.05, 0.1) is 24.6 Å². The lowest BCUT2D eigenvalue weighted by atomic mass is 9.80. The number of nitrogens with one attached hydrogen (secondary N) is 1. The second kappa shape index (κ2) is 10.3. The first-order valence-electron chi connectivity index (χ1n) is 14.4. The molecule has 0 bridgehead atoms. The Morgan fingerprint density at radius 1 is 1.10 bits per heavy atom. The van der Waals surface area contributed by atoms with Gasteiger partial charge in [-0.2, -0.15) is 0 Å². The van der Waals surface area contributed by atoms with Gasteiger partial charge in [-0.05, 0) is 48.6 Å². The third-order valence-corrected chi connectivity index (χ3v) is 8.91. The van der Waals surface area contributed by atoms with Crippen LogP contribution in [0.4, 0.5) is 4.39 Å². The SMILES string of the molecule is CC.CC12CN(Cc3ccc(C4COC4)cc3)CCC1(c1ccc3ncc(C4CCC(=O)NC4=O)cc3c1F)O2. The Morgan fingerprint density at radius 3 is 2.55 bits per heavy atom. The number of piperidine rings is 2. The Labute approximate surface area is 234 Å². The van der Waals surface area contributed by atoms with Crippen LogP contribution >= 0.6 is 0 Å². The van der Waals surface area contributed by atoms with Gasteiger partial charge < -0.3 is 9.47 Å². The third kappa shape index (κ3) is 4.52. The fourth-order valence-electron chi connectivity index (χ4n) is 6.54. The van der Waals surface area contributed by atoms with Gasteiger partial charge in [-0.3, -0.25) is 24.8 Å². The molecular weight excluding hydrogens is 509 g/mol. The van der Waals surface area contributed by atoms with Crippen molar-refractivity contribution in [2.45, 2.75) is 69.6 Å². The molecule has 3 atom stereocenters. The number of likely N-dealkylation sites (tertiary alicyclic amines) is 1. The number of pyridine rings is 1. The number of nitrogens with zero attached hydrogens (tertiary/aromatic N) is 2. The molecule has 7 nitrogen and oxygen atoms in total. The summed E-state index contributed by atoms with van der Waals surface area (Å²) in [5, 5.41) is 2.76. The molecule has 210 valence electrons. The highest BCUT2D eigenvalue weighted by Crippen LogP contribution is 2.61. The van der Waals surface area contributed by atoms with Crippen LogP contribution in [0.3, 0.4) is 0 Å². The first kappa shape index (κ1) is 27.0. The topological polar surface area (TPSA) is 84.1 Å². The Balaban J connectivity index is 0.00000142. The number of halogens is 1. The number of amides is 2. The Morgan fingerprint density at radius 2 is 1.88 bits per heavy atom. The van der Waals surface area contributed by atoms with Gasteiger partial charge in [-0.15, -0.1) is 0 Å². The van der Waals surface area contributed by atoms with Crippen LogP contribution in [0.25, 0.3) is 10.9 Å². The number of carbonyl (C=O) groups excluding carboxylic acids is 2. The van der Waals surface area contributed by atoms with Crippen molar-refractivity contribution in [3.05, 3.63) is 76.7 Å². The number of fused-ring (bicyclic) bond motifs is 2. The second-order valence-corrected chi connectivity index (χ2v) is 11.4. The van der Waals surface area contributed by atoms with Gasteiger partial charge in [0, 0.05) is 49.1 Å². The molecule has 0 aliphatic carbocycles. The smallest absolute Gasteiger partial charge is 0.234 e. The molecule has 40 heavy (non-hydrogen) atoms. The van der Waals surface area contributed by atoms with Crippen molar-refractivity contribution in [1.82, 2.24) is 15.2 Å². The van der Waals surface area contributed by atoms with E-state index in [1.165, 1.54) is 11.1 Å². The predicted octanol–water partition coefficient (Wildman–Crippen LogP) is 4.92. The number of ether oxygens (including phenoxy) is 2. The van der Waals surface area contributed by atoms with E-state index in [0.717, 1.165) is 32.8 Å². The summed E-state index contributed by atoms with van der Waals surface area (Å²) in [4.78, 5) is 30.8. The molecule has 3 aromatic rings. The summed E-state index contributed by atoms with van der Waals surface area (Å²) in [6, 6.07) is 14.1. The minimum absolute atomic E-state index is 0.266. The summed E-state index contributed by atoms with van der Waals surface area (Å²) in [6.45, 7) is 10.0. The van der Waals surface area contributed by atoms with E-state index >= 15 is 4.39 Å². The molecule has 2 aromatic carbocycles. The quantitative estimate of drug-likeness (QED) is 0.362. The van der Waals surface area contributed by atoms with Crippen LogP contribution in [0, 0.1) is 5.82 Å². The minimum atomic E-state index is -0.666. The van der Waals surface area contributed by atoms with Crippen molar-refractivity contribution in [2.24, 2.45) is 0 Å². The lowest BCUT2D eigenvalue weighted by Crippen LogP contribution is -2.44. The summed E-state index contributed by atoms with van der Waals surface area (Å²) < 4.78 is 27.8. The Hall–Kier alpha value is -3.20. The van der Waals surface area contributed by atoms with E-state index in [9.17, 15) is 9.59 Å². The van der Waals surface area contributed by atoms with E-state index in [0.29, 0.717) is 40.8 Å². The first-order valence-corrected chi connectivity index (χ1v) is 14.4. The van der Waals surface area contributed by atoms with Crippen LogP contribution in [0.5, 0.6) is 0 Å². The number of rotatable bonds is 5. The zero-order chi connectivity index (χ0) is 28.1. The summed E-state index contributed by atoms with van der Waals surface area (Å²) in [7, 11) is 0. The molecule has 3 unspecified atom stereocenters. The summed E-state index contributed by atoms with van der Waals surface area (Å²) in [6.07, 6.45) is 2.98. The molecule has 4 saturated heterocycles. The Bertz CT molecular complexity index is 1460. The average Bonchev–Trinajstić information content (AvgIpc) is 3.56. The molecule has 0 spiro atoms. The minimum Gasteiger partial charge on any atom is -0.380 e. The van der Waals surface area contributed by atoms with Gasteiger partial charge >= 0.3 is 0 Å². The number of hydrogen-bond donors (Lipinski definition) is 1. The molecule has 7 rings (SSSR count). The predicted molar refractivity (Wildman–Crippen MR) is 149 cm³/mol. The Kier molecular flexibility index (Phi) is 6.97. The number of benzene rings is 2. The number of aromatic nitrogens is 1. The highest BCUT2D eigenvalue weighted by Gasteiger charge is 2.70. The van der Waals surface area contributed by atoms with E-state index in [-0.39, 0.29) is 24.1 Å². The van der Waals surface area contributed by atoms with E-state index in [1.54, 1.807) is 18.3 Å². The van der Waals surface area contributed by atoms with E-state index in [2.05, 4.69) is 46.4 Å². The summed E-state index contributed by atoms with van der Waals surface area (Å²) in [5.41, 5.74) is 3.17. The van der Waals surface area contributed by atoms with Crippen molar-refractivity contribution < 1.29 is 23.5 Å². The van der Waals surface area contributed by atoms with Crippen LogP contribution in [-0.4, -0.2) is 53.6 Å². The number of carbonyl (C=O) groups is 2. The molecule has 8 heteroatoms. The lowest BCUT2D eigenvalue weighted by Gasteiger charge is -2.33.